The average molecular weight is 333 g/mol. The molecule has 0 saturated heterocycles. The number of rotatable bonds is 7. The monoisotopic (exact) mass is 333 g/mol. The molecule has 1 aromatic heterocycles. The highest BCUT2D eigenvalue weighted by molar-refractivity contribution is 7.99. The third kappa shape index (κ3) is 5.71. The van der Waals surface area contributed by atoms with Gasteiger partial charge in [-0.05, 0) is 11.6 Å². The Morgan fingerprint density at radius 1 is 1.32 bits per heavy atom. The SMILES string of the molecule is NC(=O)CSCc1csc(NC(=O)/C=C/c2ccccc2)n1. The molecule has 0 unspecified atom stereocenters. The number of nitrogens with one attached hydrogen (secondary N) is 1. The largest absolute Gasteiger partial charge is 0.369 e. The summed E-state index contributed by atoms with van der Waals surface area (Å²) in [7, 11) is 0. The summed E-state index contributed by atoms with van der Waals surface area (Å²) in [5, 5.41) is 5.10. The van der Waals surface area contributed by atoms with Crippen molar-refractivity contribution in [1.82, 2.24) is 4.98 Å². The Kier molecular flexibility index (Phi) is 6.17. The molecule has 2 rings (SSSR count). The Morgan fingerprint density at radius 3 is 2.82 bits per heavy atom. The molecule has 0 bridgehead atoms. The van der Waals surface area contributed by atoms with E-state index in [2.05, 4.69) is 10.3 Å². The lowest BCUT2D eigenvalue weighted by Gasteiger charge is -1.97. The molecule has 1 heterocycles. The summed E-state index contributed by atoms with van der Waals surface area (Å²) in [6.07, 6.45) is 3.21. The van der Waals surface area contributed by atoms with Crippen LogP contribution in [-0.2, 0) is 15.3 Å². The lowest BCUT2D eigenvalue weighted by molar-refractivity contribution is -0.115. The van der Waals surface area contributed by atoms with Crippen LogP contribution in [0.2, 0.25) is 0 Å². The van der Waals surface area contributed by atoms with Crippen molar-refractivity contribution in [2.24, 2.45) is 5.73 Å². The number of anilines is 1. The molecular weight excluding hydrogens is 318 g/mol. The number of thioether (sulfide) groups is 1. The minimum Gasteiger partial charge on any atom is -0.369 e. The van der Waals surface area contributed by atoms with Crippen molar-refractivity contribution < 1.29 is 9.59 Å². The number of carbonyl (C=O) groups excluding carboxylic acids is 2. The van der Waals surface area contributed by atoms with Crippen LogP contribution in [0.4, 0.5) is 5.13 Å². The maximum atomic E-state index is 11.8. The Morgan fingerprint density at radius 2 is 2.09 bits per heavy atom. The standard InChI is InChI=1S/C15H15N3O2S2/c16-13(19)10-21-8-12-9-22-15(17-12)18-14(20)7-6-11-4-2-1-3-5-11/h1-7,9H,8,10H2,(H2,16,19)(H,17,18,20)/b7-6+. The van der Waals surface area contributed by atoms with E-state index >= 15 is 0 Å². The van der Waals surface area contributed by atoms with Gasteiger partial charge in [0.1, 0.15) is 0 Å². The van der Waals surface area contributed by atoms with Crippen molar-refractivity contribution >= 4 is 46.1 Å². The molecule has 3 N–H and O–H groups in total. The second-order valence-electron chi connectivity index (χ2n) is 4.34. The highest BCUT2D eigenvalue weighted by atomic mass is 32.2. The van der Waals surface area contributed by atoms with Crippen LogP contribution >= 0.6 is 23.1 Å². The minimum atomic E-state index is -0.347. The van der Waals surface area contributed by atoms with Crippen molar-refractivity contribution in [2.75, 3.05) is 11.1 Å². The zero-order chi connectivity index (χ0) is 15.8. The van der Waals surface area contributed by atoms with Gasteiger partial charge in [-0.15, -0.1) is 23.1 Å². The Hall–Kier alpha value is -2.12. The maximum Gasteiger partial charge on any atom is 0.250 e. The summed E-state index contributed by atoms with van der Waals surface area (Å²) < 4.78 is 0. The number of thiazole rings is 1. The number of aromatic nitrogens is 1. The maximum absolute atomic E-state index is 11.8. The average Bonchev–Trinajstić information content (AvgIpc) is 2.93. The lowest BCUT2D eigenvalue weighted by Crippen LogP contribution is -2.13. The predicted octanol–water partition coefficient (Wildman–Crippen LogP) is 2.51. The number of benzene rings is 1. The molecule has 0 aliphatic heterocycles. The Bertz CT molecular complexity index is 668. The second kappa shape index (κ2) is 8.35. The van der Waals surface area contributed by atoms with Gasteiger partial charge in [0.25, 0.3) is 0 Å². The summed E-state index contributed by atoms with van der Waals surface area (Å²) >= 11 is 2.75. The van der Waals surface area contributed by atoms with Crippen LogP contribution in [0.1, 0.15) is 11.3 Å². The zero-order valence-electron chi connectivity index (χ0n) is 11.7. The molecule has 7 heteroatoms. The normalized spacial score (nSPS) is 10.7. The van der Waals surface area contributed by atoms with Crippen molar-refractivity contribution in [3.63, 3.8) is 0 Å². The molecular formula is C15H15N3O2S2. The molecule has 0 aliphatic carbocycles. The van der Waals surface area contributed by atoms with Crippen molar-refractivity contribution in [1.29, 1.82) is 0 Å². The van der Waals surface area contributed by atoms with Crippen LogP contribution in [0.5, 0.6) is 0 Å². The number of nitrogens with zero attached hydrogens (tertiary/aromatic N) is 1. The number of carbonyl (C=O) groups is 2. The molecule has 0 spiro atoms. The van der Waals surface area contributed by atoms with Gasteiger partial charge < -0.3 is 5.73 Å². The molecule has 22 heavy (non-hydrogen) atoms. The number of amides is 2. The van der Waals surface area contributed by atoms with Crippen molar-refractivity contribution in [2.45, 2.75) is 5.75 Å². The Labute approximate surface area is 136 Å². The highest BCUT2D eigenvalue weighted by Crippen LogP contribution is 2.19. The van der Waals surface area contributed by atoms with E-state index < -0.39 is 0 Å². The molecule has 0 fully saturated rings. The van der Waals surface area contributed by atoms with Gasteiger partial charge in [0.2, 0.25) is 11.8 Å². The van der Waals surface area contributed by atoms with Crippen LogP contribution in [0.15, 0.2) is 41.8 Å². The third-order valence-corrected chi connectivity index (χ3v) is 4.30. The van der Waals surface area contributed by atoms with Gasteiger partial charge in [0, 0.05) is 17.2 Å². The molecule has 0 atom stereocenters. The highest BCUT2D eigenvalue weighted by Gasteiger charge is 2.05. The van der Waals surface area contributed by atoms with Gasteiger partial charge in [0.05, 0.1) is 11.4 Å². The number of primary amides is 1. The first kappa shape index (κ1) is 16.3. The van der Waals surface area contributed by atoms with E-state index in [-0.39, 0.29) is 17.6 Å². The van der Waals surface area contributed by atoms with E-state index in [1.54, 1.807) is 6.08 Å². The predicted molar refractivity (Wildman–Crippen MR) is 91.6 cm³/mol. The van der Waals surface area contributed by atoms with Gasteiger partial charge in [-0.2, -0.15) is 0 Å². The van der Waals surface area contributed by atoms with Crippen molar-refractivity contribution in [3.05, 3.63) is 53.0 Å². The molecule has 0 aliphatic rings. The summed E-state index contributed by atoms with van der Waals surface area (Å²) in [5.74, 6) is 0.281. The molecule has 2 amide bonds. The van der Waals surface area contributed by atoms with Gasteiger partial charge in [0.15, 0.2) is 5.13 Å². The van der Waals surface area contributed by atoms with E-state index in [4.69, 9.17) is 5.73 Å². The number of hydrogen-bond acceptors (Lipinski definition) is 5. The second-order valence-corrected chi connectivity index (χ2v) is 6.18. The molecule has 5 nitrogen and oxygen atoms in total. The van der Waals surface area contributed by atoms with Crippen LogP contribution in [0.25, 0.3) is 6.08 Å². The molecule has 2 aromatic rings. The van der Waals surface area contributed by atoms with Gasteiger partial charge in [-0.25, -0.2) is 4.98 Å². The first-order chi connectivity index (χ1) is 10.6. The van der Waals surface area contributed by atoms with Crippen molar-refractivity contribution in [3.8, 4) is 0 Å². The van der Waals surface area contributed by atoms with E-state index in [1.807, 2.05) is 35.7 Å². The fourth-order valence-electron chi connectivity index (χ4n) is 1.57. The third-order valence-electron chi connectivity index (χ3n) is 2.50. The van der Waals surface area contributed by atoms with Gasteiger partial charge in [-0.3, -0.25) is 14.9 Å². The summed E-state index contributed by atoms with van der Waals surface area (Å²) in [5.41, 5.74) is 6.84. The molecule has 1 aromatic carbocycles. The Balaban J connectivity index is 1.83. The number of hydrogen-bond donors (Lipinski definition) is 2. The van der Waals surface area contributed by atoms with E-state index in [0.29, 0.717) is 10.9 Å². The summed E-state index contributed by atoms with van der Waals surface area (Å²) in [6, 6.07) is 9.58. The van der Waals surface area contributed by atoms with Crippen LogP contribution in [0.3, 0.4) is 0 Å². The molecule has 0 saturated carbocycles. The van der Waals surface area contributed by atoms with Gasteiger partial charge >= 0.3 is 0 Å². The van der Waals surface area contributed by atoms with E-state index in [1.165, 1.54) is 29.2 Å². The summed E-state index contributed by atoms with van der Waals surface area (Å²) in [6.45, 7) is 0. The van der Waals surface area contributed by atoms with Crippen LogP contribution < -0.4 is 11.1 Å². The van der Waals surface area contributed by atoms with E-state index in [0.717, 1.165) is 11.3 Å². The lowest BCUT2D eigenvalue weighted by atomic mass is 10.2. The topological polar surface area (TPSA) is 85.1 Å². The van der Waals surface area contributed by atoms with Crippen LogP contribution in [-0.4, -0.2) is 22.6 Å². The quantitative estimate of drug-likeness (QED) is 0.763. The minimum absolute atomic E-state index is 0.227. The zero-order valence-corrected chi connectivity index (χ0v) is 13.3. The molecule has 114 valence electrons. The fourth-order valence-corrected chi connectivity index (χ4v) is 3.05. The van der Waals surface area contributed by atoms with Crippen LogP contribution in [0, 0.1) is 0 Å². The first-order valence-corrected chi connectivity index (χ1v) is 8.51. The molecule has 0 radical (unpaired) electrons. The first-order valence-electron chi connectivity index (χ1n) is 6.48. The summed E-state index contributed by atoms with van der Waals surface area (Å²) in [4.78, 5) is 26.7. The smallest absolute Gasteiger partial charge is 0.250 e. The van der Waals surface area contributed by atoms with Gasteiger partial charge in [-0.1, -0.05) is 30.3 Å². The number of nitrogens with two attached hydrogens (primary N) is 1. The van der Waals surface area contributed by atoms with E-state index in [9.17, 15) is 9.59 Å². The fraction of sp³-hybridized carbons (Fsp3) is 0.133.